The molecule has 5 nitrogen and oxygen atoms in total. The molecule has 1 amide bonds. The van der Waals surface area contributed by atoms with Gasteiger partial charge >= 0.3 is 5.97 Å². The third-order valence-corrected chi connectivity index (χ3v) is 3.44. The van der Waals surface area contributed by atoms with Crippen LogP contribution in [0.2, 0.25) is 0 Å². The number of benzene rings is 2. The highest BCUT2D eigenvalue weighted by molar-refractivity contribution is 6.08. The summed E-state index contributed by atoms with van der Waals surface area (Å²) in [5.41, 5.74) is 1.59. The van der Waals surface area contributed by atoms with E-state index in [2.05, 4.69) is 5.32 Å². The van der Waals surface area contributed by atoms with Crippen molar-refractivity contribution in [3.05, 3.63) is 65.2 Å². The maximum Gasteiger partial charge on any atom is 0.338 e. The highest BCUT2D eigenvalue weighted by Gasteiger charge is 2.11. The van der Waals surface area contributed by atoms with Crippen molar-refractivity contribution in [3.63, 3.8) is 0 Å². The van der Waals surface area contributed by atoms with Crippen molar-refractivity contribution >= 4 is 23.9 Å². The maximum absolute atomic E-state index is 12.2. The molecule has 0 unspecified atom stereocenters. The largest absolute Gasteiger partial charge is 0.462 e. The standard InChI is InChI=1S/C19H19NO4/c1-2-3-12-24-19(23)14-8-10-16(11-9-14)20-18(22)17-7-5-4-6-15(17)13-21/h4-11,13H,2-3,12H2,1H3,(H,20,22). The van der Waals surface area contributed by atoms with Gasteiger partial charge in [0.05, 0.1) is 17.7 Å². The van der Waals surface area contributed by atoms with Gasteiger partial charge in [-0.1, -0.05) is 31.5 Å². The fourth-order valence-corrected chi connectivity index (χ4v) is 2.09. The molecule has 0 spiro atoms. The fraction of sp³-hybridized carbons (Fsp3) is 0.211. The minimum absolute atomic E-state index is 0.301. The second-order valence-corrected chi connectivity index (χ2v) is 5.23. The topological polar surface area (TPSA) is 72.5 Å². The zero-order valence-electron chi connectivity index (χ0n) is 13.5. The predicted octanol–water partition coefficient (Wildman–Crippen LogP) is 3.71. The number of esters is 1. The Balaban J connectivity index is 2.02. The van der Waals surface area contributed by atoms with Crippen LogP contribution in [0.1, 0.15) is 50.8 Å². The van der Waals surface area contributed by atoms with E-state index in [0.29, 0.717) is 35.3 Å². The zero-order valence-corrected chi connectivity index (χ0v) is 13.5. The Morgan fingerprint density at radius 3 is 2.46 bits per heavy atom. The molecule has 0 aliphatic rings. The number of carbonyl (C=O) groups is 3. The summed E-state index contributed by atoms with van der Waals surface area (Å²) in [7, 11) is 0. The van der Waals surface area contributed by atoms with Gasteiger partial charge in [-0.3, -0.25) is 9.59 Å². The lowest BCUT2D eigenvalue weighted by molar-refractivity contribution is 0.0499. The van der Waals surface area contributed by atoms with Gasteiger partial charge < -0.3 is 10.1 Å². The van der Waals surface area contributed by atoms with Gasteiger partial charge in [0.15, 0.2) is 6.29 Å². The Morgan fingerprint density at radius 1 is 1.08 bits per heavy atom. The number of amides is 1. The lowest BCUT2D eigenvalue weighted by atomic mass is 10.1. The average molecular weight is 325 g/mol. The lowest BCUT2D eigenvalue weighted by Crippen LogP contribution is -2.14. The molecule has 2 aromatic rings. The van der Waals surface area contributed by atoms with E-state index in [1.807, 2.05) is 6.92 Å². The molecule has 0 atom stereocenters. The molecular weight excluding hydrogens is 306 g/mol. The Hall–Kier alpha value is -2.95. The summed E-state index contributed by atoms with van der Waals surface area (Å²) < 4.78 is 5.12. The molecule has 0 fully saturated rings. The maximum atomic E-state index is 12.2. The van der Waals surface area contributed by atoms with Crippen molar-refractivity contribution in [2.45, 2.75) is 19.8 Å². The SMILES string of the molecule is CCCCOC(=O)c1ccc(NC(=O)c2ccccc2C=O)cc1. The molecular formula is C19H19NO4. The fourth-order valence-electron chi connectivity index (χ4n) is 2.09. The Kier molecular flexibility index (Phi) is 6.25. The van der Waals surface area contributed by atoms with Crippen LogP contribution in [0.15, 0.2) is 48.5 Å². The van der Waals surface area contributed by atoms with Crippen molar-refractivity contribution in [2.24, 2.45) is 0 Å². The zero-order chi connectivity index (χ0) is 17.4. The van der Waals surface area contributed by atoms with E-state index in [-0.39, 0.29) is 11.9 Å². The van der Waals surface area contributed by atoms with Crippen LogP contribution in [0.25, 0.3) is 0 Å². The summed E-state index contributed by atoms with van der Waals surface area (Å²) in [6.45, 7) is 2.42. The van der Waals surface area contributed by atoms with Crippen LogP contribution in [0.3, 0.4) is 0 Å². The second-order valence-electron chi connectivity index (χ2n) is 5.23. The van der Waals surface area contributed by atoms with Crippen LogP contribution in [-0.2, 0) is 4.74 Å². The number of anilines is 1. The Labute approximate surface area is 140 Å². The van der Waals surface area contributed by atoms with E-state index in [4.69, 9.17) is 4.74 Å². The van der Waals surface area contributed by atoms with Crippen molar-refractivity contribution in [1.82, 2.24) is 0 Å². The highest BCUT2D eigenvalue weighted by Crippen LogP contribution is 2.14. The minimum Gasteiger partial charge on any atom is -0.462 e. The number of unbranched alkanes of at least 4 members (excludes halogenated alkanes) is 1. The molecule has 0 aliphatic heterocycles. The highest BCUT2D eigenvalue weighted by atomic mass is 16.5. The predicted molar refractivity (Wildman–Crippen MR) is 91.4 cm³/mol. The van der Waals surface area contributed by atoms with Crippen molar-refractivity contribution < 1.29 is 19.1 Å². The molecule has 0 heterocycles. The third-order valence-electron chi connectivity index (χ3n) is 3.44. The van der Waals surface area contributed by atoms with Crippen LogP contribution in [0.5, 0.6) is 0 Å². The minimum atomic E-state index is -0.382. The first-order valence-electron chi connectivity index (χ1n) is 7.78. The molecule has 24 heavy (non-hydrogen) atoms. The quantitative estimate of drug-likeness (QED) is 0.478. The van der Waals surface area contributed by atoms with Crippen LogP contribution < -0.4 is 5.32 Å². The van der Waals surface area contributed by atoms with E-state index >= 15 is 0 Å². The molecule has 2 rings (SSSR count). The van der Waals surface area contributed by atoms with E-state index in [9.17, 15) is 14.4 Å². The van der Waals surface area contributed by atoms with Crippen LogP contribution in [0, 0.1) is 0 Å². The van der Waals surface area contributed by atoms with Gasteiger partial charge in [-0.15, -0.1) is 0 Å². The van der Waals surface area contributed by atoms with Crippen LogP contribution in [0.4, 0.5) is 5.69 Å². The molecule has 0 aromatic heterocycles. The average Bonchev–Trinajstić information content (AvgIpc) is 2.62. The summed E-state index contributed by atoms with van der Waals surface area (Å²) >= 11 is 0. The Morgan fingerprint density at radius 2 is 1.79 bits per heavy atom. The molecule has 124 valence electrons. The molecule has 0 radical (unpaired) electrons. The van der Waals surface area contributed by atoms with Crippen LogP contribution in [-0.4, -0.2) is 24.8 Å². The van der Waals surface area contributed by atoms with Gasteiger partial charge in [0.1, 0.15) is 0 Å². The normalized spacial score (nSPS) is 10.0. The number of carbonyl (C=O) groups excluding carboxylic acids is 3. The van der Waals surface area contributed by atoms with Crippen molar-refractivity contribution in [2.75, 3.05) is 11.9 Å². The van der Waals surface area contributed by atoms with E-state index in [1.54, 1.807) is 48.5 Å². The van der Waals surface area contributed by atoms with Gasteiger partial charge in [0.2, 0.25) is 0 Å². The van der Waals surface area contributed by atoms with Gasteiger partial charge in [-0.05, 0) is 36.8 Å². The third kappa shape index (κ3) is 4.52. The molecule has 0 aliphatic carbocycles. The molecule has 0 saturated carbocycles. The van der Waals surface area contributed by atoms with E-state index in [0.717, 1.165) is 12.8 Å². The van der Waals surface area contributed by atoms with Crippen molar-refractivity contribution in [3.8, 4) is 0 Å². The van der Waals surface area contributed by atoms with Crippen molar-refractivity contribution in [1.29, 1.82) is 0 Å². The molecule has 2 aromatic carbocycles. The number of rotatable bonds is 7. The van der Waals surface area contributed by atoms with Gasteiger partial charge in [-0.2, -0.15) is 0 Å². The lowest BCUT2D eigenvalue weighted by Gasteiger charge is -2.08. The monoisotopic (exact) mass is 325 g/mol. The number of nitrogens with one attached hydrogen (secondary N) is 1. The summed E-state index contributed by atoms with van der Waals surface area (Å²) in [6.07, 6.45) is 2.43. The second kappa shape index (κ2) is 8.62. The first-order valence-corrected chi connectivity index (χ1v) is 7.78. The van der Waals surface area contributed by atoms with Gasteiger partial charge in [0, 0.05) is 11.3 Å². The summed E-state index contributed by atoms with van der Waals surface area (Å²) in [4.78, 5) is 35.0. The van der Waals surface area contributed by atoms with E-state index in [1.165, 1.54) is 0 Å². The number of ether oxygens (including phenoxy) is 1. The number of hydrogen-bond acceptors (Lipinski definition) is 4. The molecule has 0 saturated heterocycles. The molecule has 1 N–H and O–H groups in total. The summed E-state index contributed by atoms with van der Waals surface area (Å²) in [5, 5.41) is 2.70. The smallest absolute Gasteiger partial charge is 0.338 e. The summed E-state index contributed by atoms with van der Waals surface area (Å²) in [5.74, 6) is -0.761. The van der Waals surface area contributed by atoms with E-state index < -0.39 is 0 Å². The Bertz CT molecular complexity index is 722. The summed E-state index contributed by atoms with van der Waals surface area (Å²) in [6, 6.07) is 13.0. The number of aldehydes is 1. The van der Waals surface area contributed by atoms with Gasteiger partial charge in [0.25, 0.3) is 5.91 Å². The first kappa shape index (κ1) is 17.4. The number of hydrogen-bond donors (Lipinski definition) is 1. The molecule has 0 bridgehead atoms. The van der Waals surface area contributed by atoms with Gasteiger partial charge in [-0.25, -0.2) is 4.79 Å². The first-order chi connectivity index (χ1) is 11.7. The van der Waals surface area contributed by atoms with Crippen LogP contribution >= 0.6 is 0 Å². The molecule has 5 heteroatoms.